The van der Waals surface area contributed by atoms with Crippen LogP contribution < -0.4 is 10.1 Å². The predicted octanol–water partition coefficient (Wildman–Crippen LogP) is 3.41. The number of aryl methyl sites for hydroxylation is 1. The summed E-state index contributed by atoms with van der Waals surface area (Å²) in [6, 6.07) is 12.8. The van der Waals surface area contributed by atoms with E-state index in [0.717, 1.165) is 11.1 Å². The van der Waals surface area contributed by atoms with Gasteiger partial charge in [0.15, 0.2) is 0 Å². The zero-order valence-electron chi connectivity index (χ0n) is 16.0. The lowest BCUT2D eigenvalue weighted by Gasteiger charge is -2.21. The highest BCUT2D eigenvalue weighted by Crippen LogP contribution is 2.19. The smallest absolute Gasteiger partial charge is 0.253 e. The second kappa shape index (κ2) is 8.52. The molecular weight excluding hydrogens is 328 g/mol. The van der Waals surface area contributed by atoms with Crippen LogP contribution in [0.4, 0.5) is 0 Å². The topological polar surface area (TPSA) is 58.6 Å². The Labute approximate surface area is 155 Å². The normalized spacial score (nSPS) is 10.5. The Kier molecular flexibility index (Phi) is 6.39. The van der Waals surface area contributed by atoms with E-state index < -0.39 is 0 Å². The summed E-state index contributed by atoms with van der Waals surface area (Å²) in [6.45, 7) is 6.27. The summed E-state index contributed by atoms with van der Waals surface area (Å²) in [5.74, 6) is 0.514. The molecule has 2 amide bonds. The van der Waals surface area contributed by atoms with Crippen molar-refractivity contribution in [3.8, 4) is 5.75 Å². The van der Waals surface area contributed by atoms with E-state index in [-0.39, 0.29) is 17.9 Å². The van der Waals surface area contributed by atoms with Gasteiger partial charge in [-0.2, -0.15) is 0 Å². The lowest BCUT2D eigenvalue weighted by atomic mass is 10.1. The number of carbonyl (C=O) groups is 2. The van der Waals surface area contributed by atoms with Crippen molar-refractivity contribution in [2.75, 3.05) is 14.2 Å². The van der Waals surface area contributed by atoms with E-state index in [1.165, 1.54) is 0 Å². The van der Waals surface area contributed by atoms with Gasteiger partial charge in [-0.05, 0) is 56.2 Å². The van der Waals surface area contributed by atoms with Crippen molar-refractivity contribution in [1.29, 1.82) is 0 Å². The number of methoxy groups -OCH3 is 1. The molecule has 0 radical (unpaired) electrons. The van der Waals surface area contributed by atoms with Gasteiger partial charge in [-0.1, -0.05) is 18.2 Å². The van der Waals surface area contributed by atoms with Crippen LogP contribution in [0.25, 0.3) is 0 Å². The van der Waals surface area contributed by atoms with Gasteiger partial charge in [0.25, 0.3) is 11.8 Å². The van der Waals surface area contributed by atoms with E-state index in [1.54, 1.807) is 43.3 Å². The molecule has 0 aliphatic carbocycles. The lowest BCUT2D eigenvalue weighted by molar-refractivity contribution is 0.0754. The third-order valence-corrected chi connectivity index (χ3v) is 4.42. The van der Waals surface area contributed by atoms with Crippen molar-refractivity contribution in [1.82, 2.24) is 10.2 Å². The molecule has 0 spiro atoms. The zero-order valence-corrected chi connectivity index (χ0v) is 16.0. The standard InChI is InChI=1S/C21H26N2O3/c1-14(2)23(4)21(25)17-10-7-16(8-11-17)13-22-20(24)18-9-6-15(3)19(12-18)26-5/h6-12,14H,13H2,1-5H3,(H,22,24). The first-order valence-electron chi connectivity index (χ1n) is 8.62. The fraction of sp³-hybridized carbons (Fsp3) is 0.333. The summed E-state index contributed by atoms with van der Waals surface area (Å²) in [5.41, 5.74) is 3.11. The van der Waals surface area contributed by atoms with Crippen molar-refractivity contribution in [2.45, 2.75) is 33.4 Å². The van der Waals surface area contributed by atoms with E-state index in [9.17, 15) is 9.59 Å². The van der Waals surface area contributed by atoms with E-state index in [1.807, 2.05) is 39.0 Å². The van der Waals surface area contributed by atoms with Gasteiger partial charge in [0.05, 0.1) is 7.11 Å². The Morgan fingerprint density at radius 3 is 2.27 bits per heavy atom. The minimum absolute atomic E-state index is 0.0117. The molecular formula is C21H26N2O3. The maximum Gasteiger partial charge on any atom is 0.253 e. The first kappa shape index (κ1) is 19.5. The molecule has 0 saturated heterocycles. The van der Waals surface area contributed by atoms with E-state index in [0.29, 0.717) is 23.4 Å². The lowest BCUT2D eigenvalue weighted by Crippen LogP contribution is -2.32. The number of ether oxygens (including phenoxy) is 1. The number of amides is 2. The highest BCUT2D eigenvalue weighted by atomic mass is 16.5. The molecule has 2 rings (SSSR count). The van der Waals surface area contributed by atoms with Crippen LogP contribution in [0, 0.1) is 6.92 Å². The molecule has 0 aromatic heterocycles. The summed E-state index contributed by atoms with van der Waals surface area (Å²) in [4.78, 5) is 26.3. The number of carbonyl (C=O) groups excluding carboxylic acids is 2. The van der Waals surface area contributed by atoms with Crippen LogP contribution in [-0.4, -0.2) is 36.9 Å². The van der Waals surface area contributed by atoms with Crippen molar-refractivity contribution < 1.29 is 14.3 Å². The van der Waals surface area contributed by atoms with Gasteiger partial charge in [-0.15, -0.1) is 0 Å². The number of nitrogens with zero attached hydrogens (tertiary/aromatic N) is 1. The highest BCUT2D eigenvalue weighted by molar-refractivity contribution is 5.95. The monoisotopic (exact) mass is 354 g/mol. The molecule has 5 heteroatoms. The Morgan fingerprint density at radius 2 is 1.69 bits per heavy atom. The molecule has 0 saturated carbocycles. The molecule has 0 fully saturated rings. The molecule has 0 bridgehead atoms. The minimum Gasteiger partial charge on any atom is -0.496 e. The zero-order chi connectivity index (χ0) is 19.3. The number of hydrogen-bond acceptors (Lipinski definition) is 3. The van der Waals surface area contributed by atoms with Crippen LogP contribution >= 0.6 is 0 Å². The molecule has 0 aliphatic heterocycles. The van der Waals surface area contributed by atoms with Crippen LogP contribution in [0.1, 0.15) is 45.7 Å². The van der Waals surface area contributed by atoms with E-state index in [4.69, 9.17) is 4.74 Å². The van der Waals surface area contributed by atoms with Crippen molar-refractivity contribution in [3.05, 3.63) is 64.7 Å². The molecule has 1 N–H and O–H groups in total. The molecule has 5 nitrogen and oxygen atoms in total. The van der Waals surface area contributed by atoms with Gasteiger partial charge in [0, 0.05) is 30.8 Å². The maximum atomic E-state index is 12.3. The second-order valence-corrected chi connectivity index (χ2v) is 6.57. The number of rotatable bonds is 6. The van der Waals surface area contributed by atoms with E-state index in [2.05, 4.69) is 5.32 Å². The Balaban J connectivity index is 1.99. The van der Waals surface area contributed by atoms with Gasteiger partial charge in [-0.3, -0.25) is 9.59 Å². The maximum absolute atomic E-state index is 12.3. The predicted molar refractivity (Wildman–Crippen MR) is 103 cm³/mol. The Hall–Kier alpha value is -2.82. The number of benzene rings is 2. The average molecular weight is 354 g/mol. The molecule has 0 aliphatic rings. The van der Waals surface area contributed by atoms with Gasteiger partial charge in [-0.25, -0.2) is 0 Å². The van der Waals surface area contributed by atoms with Gasteiger partial charge < -0.3 is 15.0 Å². The molecule has 138 valence electrons. The fourth-order valence-electron chi connectivity index (χ4n) is 2.45. The third kappa shape index (κ3) is 4.63. The minimum atomic E-state index is -0.164. The summed E-state index contributed by atoms with van der Waals surface area (Å²) < 4.78 is 5.25. The first-order chi connectivity index (χ1) is 12.3. The van der Waals surface area contributed by atoms with Crippen LogP contribution in [0.5, 0.6) is 5.75 Å². The Bertz CT molecular complexity index is 782. The van der Waals surface area contributed by atoms with Crippen molar-refractivity contribution in [3.63, 3.8) is 0 Å². The highest BCUT2D eigenvalue weighted by Gasteiger charge is 2.14. The molecule has 0 atom stereocenters. The second-order valence-electron chi connectivity index (χ2n) is 6.57. The summed E-state index contributed by atoms with van der Waals surface area (Å²) >= 11 is 0. The summed E-state index contributed by atoms with van der Waals surface area (Å²) in [5, 5.41) is 2.89. The average Bonchev–Trinajstić information content (AvgIpc) is 2.65. The fourth-order valence-corrected chi connectivity index (χ4v) is 2.45. The van der Waals surface area contributed by atoms with Crippen molar-refractivity contribution >= 4 is 11.8 Å². The van der Waals surface area contributed by atoms with Gasteiger partial charge in [0.2, 0.25) is 0 Å². The van der Waals surface area contributed by atoms with Crippen LogP contribution in [0.2, 0.25) is 0 Å². The van der Waals surface area contributed by atoms with Gasteiger partial charge >= 0.3 is 0 Å². The molecule has 2 aromatic rings. The molecule has 0 unspecified atom stereocenters. The third-order valence-electron chi connectivity index (χ3n) is 4.42. The largest absolute Gasteiger partial charge is 0.496 e. The molecule has 0 heterocycles. The van der Waals surface area contributed by atoms with E-state index >= 15 is 0 Å². The summed E-state index contributed by atoms with van der Waals surface area (Å²) in [7, 11) is 3.38. The number of nitrogens with one attached hydrogen (secondary N) is 1. The van der Waals surface area contributed by atoms with Gasteiger partial charge in [0.1, 0.15) is 5.75 Å². The summed E-state index contributed by atoms with van der Waals surface area (Å²) in [6.07, 6.45) is 0. The quantitative estimate of drug-likeness (QED) is 0.865. The van der Waals surface area contributed by atoms with Crippen LogP contribution in [0.15, 0.2) is 42.5 Å². The molecule has 26 heavy (non-hydrogen) atoms. The van der Waals surface area contributed by atoms with Crippen LogP contribution in [-0.2, 0) is 6.54 Å². The number of hydrogen-bond donors (Lipinski definition) is 1. The Morgan fingerprint density at radius 1 is 1.08 bits per heavy atom. The SMILES string of the molecule is COc1cc(C(=O)NCc2ccc(C(=O)N(C)C(C)C)cc2)ccc1C. The first-order valence-corrected chi connectivity index (χ1v) is 8.62. The van der Waals surface area contributed by atoms with Crippen LogP contribution in [0.3, 0.4) is 0 Å². The molecule has 2 aromatic carbocycles. The van der Waals surface area contributed by atoms with Crippen molar-refractivity contribution in [2.24, 2.45) is 0 Å².